The predicted octanol–water partition coefficient (Wildman–Crippen LogP) is 4.94. The Morgan fingerprint density at radius 1 is 1.00 bits per heavy atom. The van der Waals surface area contributed by atoms with Crippen molar-refractivity contribution in [2.75, 3.05) is 0 Å². The molecule has 6 nitrogen and oxygen atoms in total. The lowest BCUT2D eigenvalue weighted by atomic mass is 10.0. The summed E-state index contributed by atoms with van der Waals surface area (Å²) in [5.74, 6) is -0.384. The zero-order valence-corrected chi connectivity index (χ0v) is 23.9. The highest BCUT2D eigenvalue weighted by Gasteiger charge is 2.44. The van der Waals surface area contributed by atoms with Crippen LogP contribution >= 0.6 is 0 Å². The zero-order valence-electron chi connectivity index (χ0n) is 21.9. The molecule has 0 bridgehead atoms. The molecule has 0 aliphatic carbocycles. The van der Waals surface area contributed by atoms with Crippen LogP contribution in [0.1, 0.15) is 54.9 Å². The molecule has 0 amide bonds. The van der Waals surface area contributed by atoms with Gasteiger partial charge in [0.2, 0.25) is 0 Å². The maximum absolute atomic E-state index is 11.6. The van der Waals surface area contributed by atoms with Crippen molar-refractivity contribution in [1.29, 1.82) is 0 Å². The van der Waals surface area contributed by atoms with Gasteiger partial charge in [-0.3, -0.25) is 0 Å². The Balaban J connectivity index is 3.10. The molecular weight excluding hydrogens is 440 g/mol. The van der Waals surface area contributed by atoms with E-state index in [4.69, 9.17) is 13.6 Å². The van der Waals surface area contributed by atoms with E-state index in [1.165, 1.54) is 6.08 Å². The first-order valence-electron chi connectivity index (χ1n) is 11.6. The van der Waals surface area contributed by atoms with E-state index < -0.39 is 47.2 Å². The molecule has 0 aromatic rings. The summed E-state index contributed by atoms with van der Waals surface area (Å²) in [5.41, 5.74) is 0. The molecule has 32 heavy (non-hydrogen) atoms. The maximum Gasteiger partial charge on any atom is 0.331 e. The van der Waals surface area contributed by atoms with Crippen molar-refractivity contribution >= 4 is 22.6 Å². The lowest BCUT2D eigenvalue weighted by Gasteiger charge is -2.43. The quantitative estimate of drug-likeness (QED) is 0.273. The predicted molar refractivity (Wildman–Crippen MR) is 135 cm³/mol. The van der Waals surface area contributed by atoms with Crippen LogP contribution in [0.2, 0.25) is 36.3 Å². The van der Waals surface area contributed by atoms with Gasteiger partial charge in [-0.1, -0.05) is 53.7 Å². The van der Waals surface area contributed by atoms with Crippen molar-refractivity contribution in [3.63, 3.8) is 0 Å². The maximum atomic E-state index is 11.6. The Hall–Kier alpha value is -0.776. The fourth-order valence-corrected chi connectivity index (χ4v) is 5.48. The van der Waals surface area contributed by atoms with Crippen LogP contribution in [-0.2, 0) is 18.4 Å². The number of ether oxygens (including phenoxy) is 1. The van der Waals surface area contributed by atoms with Crippen LogP contribution < -0.4 is 0 Å². The molecule has 5 atom stereocenters. The zero-order chi connectivity index (χ0) is 25.1. The van der Waals surface area contributed by atoms with Crippen molar-refractivity contribution in [2.24, 2.45) is 0 Å². The first kappa shape index (κ1) is 29.3. The number of hydrogen-bond donors (Lipinski definition) is 2. The van der Waals surface area contributed by atoms with Gasteiger partial charge in [0.25, 0.3) is 0 Å². The van der Waals surface area contributed by atoms with E-state index in [0.717, 1.165) is 0 Å². The molecule has 0 fully saturated rings. The van der Waals surface area contributed by atoms with Crippen LogP contribution in [0.3, 0.4) is 0 Å². The second-order valence-electron chi connectivity index (χ2n) is 11.9. The molecule has 0 radical (unpaired) electrons. The summed E-state index contributed by atoms with van der Waals surface area (Å²) in [7, 11) is -4.39. The topological polar surface area (TPSA) is 85.2 Å². The fourth-order valence-electron chi connectivity index (χ4n) is 2.81. The molecule has 1 heterocycles. The van der Waals surface area contributed by atoms with E-state index in [9.17, 15) is 15.0 Å². The average Bonchev–Trinajstić information content (AvgIpc) is 2.61. The molecule has 0 spiro atoms. The molecule has 0 aromatic heterocycles. The van der Waals surface area contributed by atoms with Gasteiger partial charge in [0.1, 0.15) is 18.3 Å². The number of aliphatic hydroxyl groups is 2. The Kier molecular flexibility index (Phi) is 9.74. The van der Waals surface area contributed by atoms with Gasteiger partial charge in [0, 0.05) is 12.5 Å². The van der Waals surface area contributed by atoms with Gasteiger partial charge >= 0.3 is 5.97 Å². The van der Waals surface area contributed by atoms with Crippen LogP contribution in [0.4, 0.5) is 0 Å². The summed E-state index contributed by atoms with van der Waals surface area (Å²) in [6.45, 7) is 23.0. The highest BCUT2D eigenvalue weighted by atomic mass is 28.4. The summed E-state index contributed by atoms with van der Waals surface area (Å²) in [6.07, 6.45) is 3.19. The first-order valence-corrected chi connectivity index (χ1v) is 17.4. The SMILES string of the molecule is C[C@H](O[Si](C)(C)C(C)(C)C)[C@H](O)[C@@H](O)[C@H](/C=C\[C@H]1CC=CC(=O)O1)O[Si](C)(C)C(C)(C)C. The van der Waals surface area contributed by atoms with E-state index in [1.54, 1.807) is 25.2 Å². The van der Waals surface area contributed by atoms with Gasteiger partial charge in [-0.2, -0.15) is 0 Å². The average molecular weight is 487 g/mol. The van der Waals surface area contributed by atoms with Gasteiger partial charge < -0.3 is 23.8 Å². The number of carbonyl (C=O) groups excluding carboxylic acids is 1. The molecule has 8 heteroatoms. The normalized spacial score (nSPS) is 22.5. The second kappa shape index (κ2) is 10.7. The van der Waals surface area contributed by atoms with Crippen LogP contribution in [-0.4, -0.2) is 63.3 Å². The lowest BCUT2D eigenvalue weighted by molar-refractivity contribution is -0.141. The third-order valence-corrected chi connectivity index (χ3v) is 16.1. The minimum atomic E-state index is -2.26. The second-order valence-corrected chi connectivity index (χ2v) is 21.4. The highest BCUT2D eigenvalue weighted by Crippen LogP contribution is 2.39. The van der Waals surface area contributed by atoms with Crippen molar-refractivity contribution in [2.45, 2.75) is 122 Å². The number of cyclic esters (lactones) is 1. The molecule has 2 N–H and O–H groups in total. The lowest BCUT2D eigenvalue weighted by Crippen LogP contribution is -2.53. The van der Waals surface area contributed by atoms with E-state index in [-0.39, 0.29) is 16.0 Å². The summed E-state index contributed by atoms with van der Waals surface area (Å²) >= 11 is 0. The van der Waals surface area contributed by atoms with Gasteiger partial charge in [-0.05, 0) is 49.3 Å². The monoisotopic (exact) mass is 486 g/mol. The van der Waals surface area contributed by atoms with Crippen LogP contribution in [0, 0.1) is 0 Å². The van der Waals surface area contributed by atoms with E-state index >= 15 is 0 Å². The summed E-state index contributed by atoms with van der Waals surface area (Å²) in [4.78, 5) is 11.6. The molecule has 0 saturated carbocycles. The number of esters is 1. The molecule has 0 unspecified atom stereocenters. The highest BCUT2D eigenvalue weighted by molar-refractivity contribution is 6.74. The number of hydrogen-bond acceptors (Lipinski definition) is 6. The Morgan fingerprint density at radius 2 is 1.50 bits per heavy atom. The fraction of sp³-hybridized carbons (Fsp3) is 0.792. The van der Waals surface area contributed by atoms with Gasteiger partial charge in [0.05, 0.1) is 12.2 Å². The van der Waals surface area contributed by atoms with Crippen molar-refractivity contribution < 1.29 is 28.6 Å². The molecule has 1 aliphatic rings. The number of aliphatic hydroxyl groups excluding tert-OH is 2. The smallest absolute Gasteiger partial charge is 0.331 e. The standard InChI is InChI=1S/C24H46O6Si2/c1-17(29-31(8,9)23(2,3)4)21(26)22(27)19(30-32(10,11)24(5,6)7)16-15-18-13-12-14-20(25)28-18/h12,14-19,21-22,26-27H,13H2,1-11H3/b16-15-/t17-,18+,19-,21-,22-/m0/s1. The Labute approximate surface area is 197 Å². The summed E-state index contributed by atoms with van der Waals surface area (Å²) in [5, 5.41) is 22.1. The van der Waals surface area contributed by atoms with Gasteiger partial charge in [-0.25, -0.2) is 4.79 Å². The van der Waals surface area contributed by atoms with E-state index in [0.29, 0.717) is 6.42 Å². The summed E-state index contributed by atoms with van der Waals surface area (Å²) in [6, 6.07) is 0. The summed E-state index contributed by atoms with van der Waals surface area (Å²) < 4.78 is 18.1. The van der Waals surface area contributed by atoms with Gasteiger partial charge in [0.15, 0.2) is 16.6 Å². The van der Waals surface area contributed by atoms with Crippen molar-refractivity contribution in [1.82, 2.24) is 0 Å². The van der Waals surface area contributed by atoms with Gasteiger partial charge in [-0.15, -0.1) is 0 Å². The molecule has 1 rings (SSSR count). The molecular formula is C24H46O6Si2. The Bertz CT molecular complexity index is 688. The minimum Gasteiger partial charge on any atom is -0.455 e. The number of carbonyl (C=O) groups is 1. The van der Waals surface area contributed by atoms with Crippen molar-refractivity contribution in [3.05, 3.63) is 24.3 Å². The molecule has 1 aliphatic heterocycles. The Morgan fingerprint density at radius 3 is 1.97 bits per heavy atom. The largest absolute Gasteiger partial charge is 0.455 e. The van der Waals surface area contributed by atoms with E-state index in [1.807, 2.05) is 0 Å². The first-order chi connectivity index (χ1) is 14.3. The van der Waals surface area contributed by atoms with Crippen LogP contribution in [0.5, 0.6) is 0 Å². The van der Waals surface area contributed by atoms with E-state index in [2.05, 4.69) is 67.7 Å². The molecule has 0 aromatic carbocycles. The minimum absolute atomic E-state index is 0.0126. The third-order valence-electron chi connectivity index (χ3n) is 7.10. The van der Waals surface area contributed by atoms with Crippen LogP contribution in [0.25, 0.3) is 0 Å². The molecule has 186 valence electrons. The third kappa shape index (κ3) is 7.92. The van der Waals surface area contributed by atoms with Crippen LogP contribution in [0.15, 0.2) is 24.3 Å². The molecule has 0 saturated heterocycles. The number of rotatable bonds is 9. The van der Waals surface area contributed by atoms with Crippen molar-refractivity contribution in [3.8, 4) is 0 Å².